The first kappa shape index (κ1) is 27.3. The number of H-pyrrole nitrogens is 1. The Morgan fingerprint density at radius 1 is 1.19 bits per heavy atom. The highest BCUT2D eigenvalue weighted by Crippen LogP contribution is 2.37. The van der Waals surface area contributed by atoms with Gasteiger partial charge in [0.2, 0.25) is 10.0 Å². The Bertz CT molecular complexity index is 1340. The number of sulfonamides is 1. The Labute approximate surface area is 219 Å². The van der Waals surface area contributed by atoms with Gasteiger partial charge in [-0.15, -0.1) is 0 Å². The Balaban J connectivity index is 1.61. The zero-order valence-corrected chi connectivity index (χ0v) is 22.7. The highest BCUT2D eigenvalue weighted by molar-refractivity contribution is 7.89. The van der Waals surface area contributed by atoms with Crippen molar-refractivity contribution < 1.29 is 17.9 Å². The van der Waals surface area contributed by atoms with Crippen molar-refractivity contribution >= 4 is 26.8 Å². The Morgan fingerprint density at radius 3 is 2.62 bits per heavy atom. The van der Waals surface area contributed by atoms with Gasteiger partial charge in [-0.1, -0.05) is 32.0 Å². The monoisotopic (exact) mass is 526 g/mol. The fraction of sp³-hybridized carbons (Fsp3) is 0.464. The number of primary amides is 1. The van der Waals surface area contributed by atoms with Gasteiger partial charge in [-0.2, -0.15) is 0 Å². The molecule has 1 aliphatic heterocycles. The summed E-state index contributed by atoms with van der Waals surface area (Å²) in [6.45, 7) is 6.41. The van der Waals surface area contributed by atoms with Crippen LogP contribution in [0.2, 0.25) is 0 Å². The highest BCUT2D eigenvalue weighted by atomic mass is 32.2. The van der Waals surface area contributed by atoms with Gasteiger partial charge < -0.3 is 20.8 Å². The quantitative estimate of drug-likeness (QED) is 0.327. The molecule has 1 aliphatic rings. The zero-order valence-electron chi connectivity index (χ0n) is 21.9. The molecule has 1 saturated heterocycles. The van der Waals surface area contributed by atoms with E-state index in [4.69, 9.17) is 10.5 Å². The van der Waals surface area contributed by atoms with Gasteiger partial charge in [0, 0.05) is 51.0 Å². The van der Waals surface area contributed by atoms with Crippen LogP contribution in [0.3, 0.4) is 0 Å². The molecular weight excluding hydrogens is 488 g/mol. The number of carbonyl (C=O) groups is 1. The van der Waals surface area contributed by atoms with Crippen molar-refractivity contribution in [3.63, 3.8) is 0 Å². The number of methoxy groups -OCH3 is 1. The molecule has 0 spiro atoms. The molecule has 1 amide bonds. The van der Waals surface area contributed by atoms with E-state index in [-0.39, 0.29) is 11.7 Å². The first-order valence-corrected chi connectivity index (χ1v) is 14.5. The first-order chi connectivity index (χ1) is 17.7. The molecule has 0 atom stereocenters. The minimum Gasteiger partial charge on any atom is -0.385 e. The molecule has 3 aromatic rings. The van der Waals surface area contributed by atoms with E-state index >= 15 is 0 Å². The molecule has 0 unspecified atom stereocenters. The van der Waals surface area contributed by atoms with Gasteiger partial charge in [0.05, 0.1) is 16.8 Å². The summed E-state index contributed by atoms with van der Waals surface area (Å²) in [4.78, 5) is 15.7. The summed E-state index contributed by atoms with van der Waals surface area (Å²) in [5, 5.41) is 4.41. The van der Waals surface area contributed by atoms with Crippen LogP contribution >= 0.6 is 0 Å². The normalized spacial score (nSPS) is 15.6. The second kappa shape index (κ2) is 11.8. The predicted octanol–water partition coefficient (Wildman–Crippen LogP) is 3.98. The molecule has 37 heavy (non-hydrogen) atoms. The van der Waals surface area contributed by atoms with E-state index in [9.17, 15) is 13.2 Å². The molecule has 4 N–H and O–H groups in total. The molecule has 0 aliphatic carbocycles. The fourth-order valence-corrected chi connectivity index (χ4v) is 6.60. The molecule has 1 aromatic heterocycles. The van der Waals surface area contributed by atoms with Gasteiger partial charge >= 0.3 is 0 Å². The van der Waals surface area contributed by atoms with E-state index in [1.807, 2.05) is 24.4 Å². The standard InChI is InChI=1S/C28H38N4O4S/c1-19(2)30-17-20-6-4-7-22(14-20)23-15-24-26(18-31-27(24)25(16-23)28(29)33)21-8-10-32(11-9-21)37(34,35)13-5-12-36-3/h4,6-7,14-16,18-19,21,30-31H,5,8-13,17H2,1-3H3,(H2,29,33). The largest absolute Gasteiger partial charge is 0.385 e. The van der Waals surface area contributed by atoms with E-state index in [0.717, 1.165) is 47.0 Å². The van der Waals surface area contributed by atoms with Crippen LogP contribution in [0.5, 0.6) is 0 Å². The lowest BCUT2D eigenvalue weighted by molar-refractivity contribution is 0.100. The van der Waals surface area contributed by atoms with Crippen molar-refractivity contribution in [2.45, 2.75) is 51.6 Å². The minimum absolute atomic E-state index is 0.107. The Hall–Kier alpha value is -2.72. The van der Waals surface area contributed by atoms with Gasteiger partial charge in [0.1, 0.15) is 0 Å². The van der Waals surface area contributed by atoms with Crippen LogP contribution in [0.15, 0.2) is 42.6 Å². The average molecular weight is 527 g/mol. The number of hydrogen-bond acceptors (Lipinski definition) is 5. The zero-order chi connectivity index (χ0) is 26.6. The second-order valence-electron chi connectivity index (χ2n) is 10.1. The number of rotatable bonds is 11. The molecule has 9 heteroatoms. The second-order valence-corrected chi connectivity index (χ2v) is 12.2. The van der Waals surface area contributed by atoms with Crippen LogP contribution in [0, 0.1) is 0 Å². The number of ether oxygens (including phenoxy) is 1. The summed E-state index contributed by atoms with van der Waals surface area (Å²) in [5.74, 6) is -0.179. The number of benzene rings is 2. The minimum atomic E-state index is -3.29. The lowest BCUT2D eigenvalue weighted by Crippen LogP contribution is -2.39. The summed E-state index contributed by atoms with van der Waals surface area (Å²) in [6, 6.07) is 12.7. The van der Waals surface area contributed by atoms with Crippen molar-refractivity contribution in [2.75, 3.05) is 32.6 Å². The van der Waals surface area contributed by atoms with E-state index in [2.05, 4.69) is 42.3 Å². The summed E-state index contributed by atoms with van der Waals surface area (Å²) in [5.41, 5.74) is 11.2. The highest BCUT2D eigenvalue weighted by Gasteiger charge is 2.30. The van der Waals surface area contributed by atoms with Crippen LogP contribution in [0.4, 0.5) is 0 Å². The van der Waals surface area contributed by atoms with E-state index in [0.29, 0.717) is 37.7 Å². The summed E-state index contributed by atoms with van der Waals surface area (Å²) >= 11 is 0. The molecule has 0 radical (unpaired) electrons. The smallest absolute Gasteiger partial charge is 0.250 e. The third-order valence-corrected chi connectivity index (χ3v) is 9.06. The van der Waals surface area contributed by atoms with Gasteiger partial charge in [0.15, 0.2) is 0 Å². The number of carbonyl (C=O) groups excluding carboxylic acids is 1. The molecular formula is C28H38N4O4S. The fourth-order valence-electron chi connectivity index (χ4n) is 5.09. The average Bonchev–Trinajstić information content (AvgIpc) is 3.31. The maximum absolute atomic E-state index is 12.7. The van der Waals surface area contributed by atoms with Crippen molar-refractivity contribution in [3.8, 4) is 11.1 Å². The molecule has 2 heterocycles. The number of aromatic nitrogens is 1. The SMILES string of the molecule is COCCCS(=O)(=O)N1CCC(c2c[nH]c3c(C(N)=O)cc(-c4cccc(CNC(C)C)c4)cc23)CC1. The van der Waals surface area contributed by atoms with Crippen molar-refractivity contribution in [2.24, 2.45) is 5.73 Å². The van der Waals surface area contributed by atoms with E-state index in [1.165, 1.54) is 5.56 Å². The van der Waals surface area contributed by atoms with Crippen LogP contribution in [-0.2, 0) is 21.3 Å². The van der Waals surface area contributed by atoms with Crippen molar-refractivity contribution in [1.82, 2.24) is 14.6 Å². The van der Waals surface area contributed by atoms with Crippen LogP contribution in [0.1, 0.15) is 60.5 Å². The van der Waals surface area contributed by atoms with E-state index < -0.39 is 15.9 Å². The molecule has 1 fully saturated rings. The lowest BCUT2D eigenvalue weighted by Gasteiger charge is -2.31. The number of amides is 1. The number of nitrogens with two attached hydrogens (primary N) is 1. The number of piperidine rings is 1. The van der Waals surface area contributed by atoms with Crippen LogP contribution in [0.25, 0.3) is 22.0 Å². The summed E-state index contributed by atoms with van der Waals surface area (Å²) in [7, 11) is -1.71. The van der Waals surface area contributed by atoms with Gasteiger partial charge in [-0.25, -0.2) is 12.7 Å². The van der Waals surface area contributed by atoms with E-state index in [1.54, 1.807) is 11.4 Å². The maximum Gasteiger partial charge on any atom is 0.250 e. The van der Waals surface area contributed by atoms with Crippen LogP contribution < -0.4 is 11.1 Å². The molecule has 8 nitrogen and oxygen atoms in total. The molecule has 0 saturated carbocycles. The maximum atomic E-state index is 12.7. The number of hydrogen-bond donors (Lipinski definition) is 3. The number of aromatic amines is 1. The van der Waals surface area contributed by atoms with Gasteiger partial charge in [-0.05, 0) is 65.6 Å². The summed E-state index contributed by atoms with van der Waals surface area (Å²) < 4.78 is 32.0. The Morgan fingerprint density at radius 2 is 1.95 bits per heavy atom. The lowest BCUT2D eigenvalue weighted by atomic mass is 9.88. The number of fused-ring (bicyclic) bond motifs is 1. The number of nitrogens with one attached hydrogen (secondary N) is 2. The molecule has 2 aromatic carbocycles. The topological polar surface area (TPSA) is 118 Å². The third kappa shape index (κ3) is 6.41. The molecule has 4 rings (SSSR count). The van der Waals surface area contributed by atoms with Crippen LogP contribution in [-0.4, -0.2) is 62.2 Å². The Kier molecular flexibility index (Phi) is 8.69. The van der Waals surface area contributed by atoms with Gasteiger partial charge in [0.25, 0.3) is 5.91 Å². The first-order valence-electron chi connectivity index (χ1n) is 12.9. The molecule has 200 valence electrons. The third-order valence-electron chi connectivity index (χ3n) is 7.10. The predicted molar refractivity (Wildman–Crippen MR) is 148 cm³/mol. The van der Waals surface area contributed by atoms with Gasteiger partial charge in [-0.3, -0.25) is 4.79 Å². The summed E-state index contributed by atoms with van der Waals surface area (Å²) in [6.07, 6.45) is 3.90. The number of nitrogens with zero attached hydrogens (tertiary/aromatic N) is 1. The van der Waals surface area contributed by atoms with Crippen molar-refractivity contribution in [1.29, 1.82) is 0 Å². The molecule has 0 bridgehead atoms. The van der Waals surface area contributed by atoms with Crippen molar-refractivity contribution in [3.05, 3.63) is 59.3 Å².